The molecular weight excluding hydrogens is 228 g/mol. The maximum absolute atomic E-state index is 5.65. The molecule has 90 valence electrons. The van der Waals surface area contributed by atoms with Crippen LogP contribution in [0.15, 0.2) is 29.6 Å². The van der Waals surface area contributed by atoms with Crippen molar-refractivity contribution in [3.63, 3.8) is 0 Å². The van der Waals surface area contributed by atoms with Gasteiger partial charge in [0.1, 0.15) is 0 Å². The Hall–Kier alpha value is -1.19. The van der Waals surface area contributed by atoms with Crippen molar-refractivity contribution in [3.8, 4) is 0 Å². The standard InChI is InChI=1S/C14H18N2S/c1-10-4-3-5-12(6-10)7-14-16-13(9-17-14)11(2)8-15/h3-6,9,11H,7-8,15H2,1-2H3. The third-order valence-electron chi connectivity index (χ3n) is 2.87. The second-order valence-corrected chi connectivity index (χ2v) is 5.41. The Bertz CT molecular complexity index is 490. The van der Waals surface area contributed by atoms with Gasteiger partial charge in [-0.15, -0.1) is 11.3 Å². The van der Waals surface area contributed by atoms with E-state index in [9.17, 15) is 0 Å². The smallest absolute Gasteiger partial charge is 0.0972 e. The summed E-state index contributed by atoms with van der Waals surface area (Å²) in [6, 6.07) is 8.59. The Labute approximate surface area is 107 Å². The highest BCUT2D eigenvalue weighted by molar-refractivity contribution is 7.09. The van der Waals surface area contributed by atoms with Crippen LogP contribution in [-0.2, 0) is 6.42 Å². The summed E-state index contributed by atoms with van der Waals surface area (Å²) < 4.78 is 0. The second-order valence-electron chi connectivity index (χ2n) is 4.47. The first-order valence-corrected chi connectivity index (χ1v) is 6.77. The Morgan fingerprint density at radius 3 is 2.94 bits per heavy atom. The molecule has 0 aliphatic carbocycles. The zero-order valence-electron chi connectivity index (χ0n) is 10.3. The van der Waals surface area contributed by atoms with E-state index in [2.05, 4.69) is 48.5 Å². The van der Waals surface area contributed by atoms with Crippen LogP contribution in [0.1, 0.15) is 34.7 Å². The van der Waals surface area contributed by atoms with Crippen molar-refractivity contribution in [1.29, 1.82) is 0 Å². The van der Waals surface area contributed by atoms with Crippen molar-refractivity contribution in [2.45, 2.75) is 26.2 Å². The quantitative estimate of drug-likeness (QED) is 0.900. The number of benzene rings is 1. The van der Waals surface area contributed by atoms with E-state index in [1.165, 1.54) is 16.1 Å². The van der Waals surface area contributed by atoms with Gasteiger partial charge in [-0.25, -0.2) is 4.98 Å². The lowest BCUT2D eigenvalue weighted by Gasteiger charge is -2.03. The van der Waals surface area contributed by atoms with E-state index in [-0.39, 0.29) is 0 Å². The van der Waals surface area contributed by atoms with Crippen LogP contribution in [0.3, 0.4) is 0 Å². The minimum Gasteiger partial charge on any atom is -0.330 e. The Kier molecular flexibility index (Phi) is 3.92. The van der Waals surface area contributed by atoms with E-state index < -0.39 is 0 Å². The third-order valence-corrected chi connectivity index (χ3v) is 3.73. The molecule has 0 bridgehead atoms. The third kappa shape index (κ3) is 3.14. The van der Waals surface area contributed by atoms with Crippen LogP contribution >= 0.6 is 11.3 Å². The number of hydrogen-bond acceptors (Lipinski definition) is 3. The number of rotatable bonds is 4. The molecule has 1 unspecified atom stereocenters. The van der Waals surface area contributed by atoms with Gasteiger partial charge in [-0.2, -0.15) is 0 Å². The first kappa shape index (κ1) is 12.3. The minimum absolute atomic E-state index is 0.359. The Balaban J connectivity index is 2.11. The topological polar surface area (TPSA) is 38.9 Å². The van der Waals surface area contributed by atoms with Gasteiger partial charge in [0.25, 0.3) is 0 Å². The molecule has 1 aromatic carbocycles. The summed E-state index contributed by atoms with van der Waals surface area (Å²) in [4.78, 5) is 4.64. The molecular formula is C14H18N2S. The van der Waals surface area contributed by atoms with E-state index in [1.807, 2.05) is 0 Å². The highest BCUT2D eigenvalue weighted by Crippen LogP contribution is 2.20. The maximum Gasteiger partial charge on any atom is 0.0972 e. The monoisotopic (exact) mass is 246 g/mol. The molecule has 2 N–H and O–H groups in total. The van der Waals surface area contributed by atoms with Gasteiger partial charge in [0.2, 0.25) is 0 Å². The molecule has 17 heavy (non-hydrogen) atoms. The lowest BCUT2D eigenvalue weighted by molar-refractivity contribution is 0.748. The molecule has 0 radical (unpaired) electrons. The number of nitrogens with two attached hydrogens (primary N) is 1. The van der Waals surface area contributed by atoms with E-state index >= 15 is 0 Å². The fourth-order valence-corrected chi connectivity index (χ4v) is 2.70. The minimum atomic E-state index is 0.359. The maximum atomic E-state index is 5.65. The van der Waals surface area contributed by atoms with Crippen molar-refractivity contribution in [1.82, 2.24) is 4.98 Å². The lowest BCUT2D eigenvalue weighted by atomic mass is 10.1. The first-order valence-electron chi connectivity index (χ1n) is 5.89. The molecule has 0 saturated carbocycles. The van der Waals surface area contributed by atoms with Gasteiger partial charge >= 0.3 is 0 Å². The van der Waals surface area contributed by atoms with Crippen molar-refractivity contribution in [2.24, 2.45) is 5.73 Å². The predicted octanol–water partition coefficient (Wildman–Crippen LogP) is 3.10. The number of thiazole rings is 1. The van der Waals surface area contributed by atoms with Crippen molar-refractivity contribution in [3.05, 3.63) is 51.5 Å². The molecule has 0 amide bonds. The molecule has 1 aromatic heterocycles. The van der Waals surface area contributed by atoms with Crippen LogP contribution < -0.4 is 5.73 Å². The van der Waals surface area contributed by atoms with Crippen molar-refractivity contribution in [2.75, 3.05) is 6.54 Å². The normalized spacial score (nSPS) is 12.6. The predicted molar refractivity (Wildman–Crippen MR) is 73.6 cm³/mol. The molecule has 1 heterocycles. The van der Waals surface area contributed by atoms with E-state index in [4.69, 9.17) is 5.73 Å². The van der Waals surface area contributed by atoms with Crippen LogP contribution in [0.5, 0.6) is 0 Å². The zero-order valence-corrected chi connectivity index (χ0v) is 11.1. The molecule has 0 aliphatic heterocycles. The molecule has 0 saturated heterocycles. The zero-order chi connectivity index (χ0) is 12.3. The van der Waals surface area contributed by atoms with Crippen LogP contribution in [0.4, 0.5) is 0 Å². The van der Waals surface area contributed by atoms with E-state index in [1.54, 1.807) is 11.3 Å². The van der Waals surface area contributed by atoms with E-state index in [0.717, 1.165) is 12.1 Å². The van der Waals surface area contributed by atoms with Crippen LogP contribution in [-0.4, -0.2) is 11.5 Å². The molecule has 0 fully saturated rings. The molecule has 2 aromatic rings. The Morgan fingerprint density at radius 1 is 1.41 bits per heavy atom. The van der Waals surface area contributed by atoms with Crippen LogP contribution in [0.2, 0.25) is 0 Å². The summed E-state index contributed by atoms with van der Waals surface area (Å²) in [6.45, 7) is 4.90. The van der Waals surface area contributed by atoms with Crippen LogP contribution in [0, 0.1) is 6.92 Å². The van der Waals surface area contributed by atoms with Gasteiger partial charge < -0.3 is 5.73 Å². The molecule has 1 atom stereocenters. The highest BCUT2D eigenvalue weighted by atomic mass is 32.1. The van der Waals surface area contributed by atoms with Crippen LogP contribution in [0.25, 0.3) is 0 Å². The van der Waals surface area contributed by atoms with Gasteiger partial charge in [0.05, 0.1) is 10.7 Å². The van der Waals surface area contributed by atoms with Gasteiger partial charge in [-0.05, 0) is 12.5 Å². The molecule has 2 nitrogen and oxygen atoms in total. The fraction of sp³-hybridized carbons (Fsp3) is 0.357. The Morgan fingerprint density at radius 2 is 2.24 bits per heavy atom. The summed E-state index contributed by atoms with van der Waals surface area (Å²) in [6.07, 6.45) is 0.920. The van der Waals surface area contributed by atoms with Gasteiger partial charge in [-0.3, -0.25) is 0 Å². The first-order chi connectivity index (χ1) is 8.19. The second kappa shape index (κ2) is 5.43. The van der Waals surface area contributed by atoms with E-state index in [0.29, 0.717) is 12.5 Å². The van der Waals surface area contributed by atoms with Crippen molar-refractivity contribution >= 4 is 11.3 Å². The van der Waals surface area contributed by atoms with Gasteiger partial charge in [0.15, 0.2) is 0 Å². The van der Waals surface area contributed by atoms with Gasteiger partial charge in [0, 0.05) is 24.3 Å². The fourth-order valence-electron chi connectivity index (χ4n) is 1.75. The molecule has 0 spiro atoms. The van der Waals surface area contributed by atoms with Gasteiger partial charge in [-0.1, -0.05) is 36.8 Å². The summed E-state index contributed by atoms with van der Waals surface area (Å²) in [5.74, 6) is 0.359. The largest absolute Gasteiger partial charge is 0.330 e. The summed E-state index contributed by atoms with van der Waals surface area (Å²) >= 11 is 1.73. The molecule has 0 aliphatic rings. The molecule has 3 heteroatoms. The van der Waals surface area contributed by atoms with Crippen molar-refractivity contribution < 1.29 is 0 Å². The number of nitrogens with zero attached hydrogens (tertiary/aromatic N) is 1. The average molecular weight is 246 g/mol. The summed E-state index contributed by atoms with van der Waals surface area (Å²) in [5.41, 5.74) is 9.40. The number of aryl methyl sites for hydroxylation is 1. The molecule has 2 rings (SSSR count). The summed E-state index contributed by atoms with van der Waals surface area (Å²) in [5, 5.41) is 3.30. The average Bonchev–Trinajstić information content (AvgIpc) is 2.76. The number of aromatic nitrogens is 1. The highest BCUT2D eigenvalue weighted by Gasteiger charge is 2.08. The number of hydrogen-bond donors (Lipinski definition) is 1. The lowest BCUT2D eigenvalue weighted by Crippen LogP contribution is -2.09. The summed E-state index contributed by atoms with van der Waals surface area (Å²) in [7, 11) is 0. The SMILES string of the molecule is Cc1cccc(Cc2nc(C(C)CN)cs2)c1.